The minimum Gasteiger partial charge on any atom is -0.388 e. The molecule has 4 aromatic rings. The number of imidazole rings is 2. The summed E-state index contributed by atoms with van der Waals surface area (Å²) < 4.78 is 72.9. The van der Waals surface area contributed by atoms with Crippen LogP contribution in [0.15, 0.2) is 23.8 Å². The number of aliphatic hydroxyl groups is 1. The van der Waals surface area contributed by atoms with E-state index in [0.717, 1.165) is 0 Å². The van der Waals surface area contributed by atoms with Gasteiger partial charge in [-0.15, -0.1) is 0 Å². The molecule has 3 aliphatic rings. The van der Waals surface area contributed by atoms with E-state index in [0.29, 0.717) is 0 Å². The monoisotopic (exact) mass is 685 g/mol. The van der Waals surface area contributed by atoms with Gasteiger partial charge in [0.25, 0.3) is 5.56 Å². The molecule has 1 aliphatic carbocycles. The van der Waals surface area contributed by atoms with Crippen molar-refractivity contribution in [1.29, 1.82) is 0 Å². The van der Waals surface area contributed by atoms with Crippen LogP contribution in [0.4, 0.5) is 11.8 Å². The summed E-state index contributed by atoms with van der Waals surface area (Å²) in [6.07, 6.45) is -4.22. The molecule has 0 radical (unpaired) electrons. The molecule has 3 fully saturated rings. The van der Waals surface area contributed by atoms with Gasteiger partial charge in [-0.1, -0.05) is 0 Å². The van der Waals surface area contributed by atoms with Crippen LogP contribution in [0, 0.1) is 5.92 Å². The molecule has 0 amide bonds. The Morgan fingerprint density at radius 3 is 2.65 bits per heavy atom. The Morgan fingerprint density at radius 1 is 1.11 bits per heavy atom. The molecule has 2 saturated heterocycles. The molecule has 2 aliphatic heterocycles. The molecular weight excluding hydrogens is 657 g/mol. The van der Waals surface area contributed by atoms with Crippen molar-refractivity contribution in [3.63, 3.8) is 0 Å². The van der Waals surface area contributed by atoms with Crippen LogP contribution in [0.25, 0.3) is 22.3 Å². The maximum absolute atomic E-state index is 13.4. The maximum atomic E-state index is 13.4. The Morgan fingerprint density at radius 2 is 1.87 bits per heavy atom. The summed E-state index contributed by atoms with van der Waals surface area (Å²) in [6.45, 7) is -1.04. The fraction of sp³-hybridized carbons (Fsp3) is 0.545. The number of phosphoric ester groups is 1. The van der Waals surface area contributed by atoms with Crippen LogP contribution in [0.1, 0.15) is 18.7 Å². The Bertz CT molecular complexity index is 2020. The van der Waals surface area contributed by atoms with E-state index >= 15 is 0 Å². The third-order valence-electron chi connectivity index (χ3n) is 8.18. The quantitative estimate of drug-likeness (QED) is 0.123. The van der Waals surface area contributed by atoms with Gasteiger partial charge in [-0.25, -0.2) is 28.7 Å². The Kier molecular flexibility index (Phi) is 7.58. The Labute approximate surface area is 257 Å². The van der Waals surface area contributed by atoms with E-state index in [4.69, 9.17) is 34.2 Å². The number of phosphoric acid groups is 1. The number of hydrogen-bond acceptors (Lipinski definition) is 17. The summed E-state index contributed by atoms with van der Waals surface area (Å²) in [5, 5.41) is 11.3. The highest BCUT2D eigenvalue weighted by atomic mass is 32.2. The van der Waals surface area contributed by atoms with Crippen molar-refractivity contribution < 1.29 is 45.7 Å². The first kappa shape index (κ1) is 31.0. The van der Waals surface area contributed by atoms with Gasteiger partial charge in [0.15, 0.2) is 35.0 Å². The standard InChI is InChI=1S/C22H28N11O11PS/c1-40-15-10-4-41-45(36,37)43-14-8(2-9(13(14)34)32-6-27-11-17(23)25-5-26-18(11)32)3-29-46(38,39)44-16(15)21(42-10)33-7-28-12-19(33)30-22(24)31-20(12)35/h5-10,13-16,21,29,34H,2-4H2,1H3,(H,36,37)(H2,23,25,26)(H3,24,30,31,35). The fourth-order valence-electron chi connectivity index (χ4n) is 6.14. The number of H-pyrrole nitrogens is 1. The summed E-state index contributed by atoms with van der Waals surface area (Å²) in [4.78, 5) is 45.8. The number of aromatic nitrogens is 8. The van der Waals surface area contributed by atoms with Gasteiger partial charge in [0.05, 0.1) is 25.3 Å². The summed E-state index contributed by atoms with van der Waals surface area (Å²) in [6, 6.07) is -0.827. The molecule has 7 rings (SSSR count). The molecule has 0 spiro atoms. The zero-order chi connectivity index (χ0) is 32.5. The van der Waals surface area contributed by atoms with E-state index in [1.165, 1.54) is 35.2 Å². The number of nitrogens with two attached hydrogens (primary N) is 2. The molecule has 6 heterocycles. The highest BCUT2D eigenvalue weighted by Gasteiger charge is 2.53. The second kappa shape index (κ2) is 11.3. The van der Waals surface area contributed by atoms with Crippen LogP contribution < -0.4 is 21.7 Å². The van der Waals surface area contributed by atoms with Crippen LogP contribution in [0.2, 0.25) is 0 Å². The Balaban J connectivity index is 1.22. The van der Waals surface area contributed by atoms with Crippen LogP contribution >= 0.6 is 7.82 Å². The molecule has 9 unspecified atom stereocenters. The van der Waals surface area contributed by atoms with Gasteiger partial charge in [0.2, 0.25) is 5.95 Å². The van der Waals surface area contributed by atoms with E-state index < -0.39 is 85.5 Å². The smallest absolute Gasteiger partial charge is 0.388 e. The molecule has 8 N–H and O–H groups in total. The van der Waals surface area contributed by atoms with Crippen molar-refractivity contribution in [1.82, 2.24) is 43.8 Å². The largest absolute Gasteiger partial charge is 0.472 e. The highest BCUT2D eigenvalue weighted by molar-refractivity contribution is 7.84. The predicted molar refractivity (Wildman–Crippen MR) is 153 cm³/mol. The number of hydrogen-bond donors (Lipinski definition) is 6. The van der Waals surface area contributed by atoms with Crippen molar-refractivity contribution in [2.45, 2.75) is 49.2 Å². The number of aromatic amines is 1. The summed E-state index contributed by atoms with van der Waals surface area (Å²) >= 11 is 0. The number of nitrogen functional groups attached to an aromatic ring is 2. The van der Waals surface area contributed by atoms with Crippen LogP contribution in [0.5, 0.6) is 0 Å². The summed E-state index contributed by atoms with van der Waals surface area (Å²) in [5.74, 6) is -1.01. The van der Waals surface area contributed by atoms with Gasteiger partial charge in [0, 0.05) is 19.6 Å². The van der Waals surface area contributed by atoms with Crippen molar-refractivity contribution in [2.75, 3.05) is 31.7 Å². The fourth-order valence-corrected chi connectivity index (χ4v) is 8.13. The lowest BCUT2D eigenvalue weighted by Gasteiger charge is -2.26. The van der Waals surface area contributed by atoms with Gasteiger partial charge >= 0.3 is 18.1 Å². The number of aliphatic hydroxyl groups excluding tert-OH is 1. The van der Waals surface area contributed by atoms with E-state index in [-0.39, 0.29) is 40.5 Å². The van der Waals surface area contributed by atoms with E-state index in [1.807, 2.05) is 0 Å². The minimum absolute atomic E-state index is 0.0465. The van der Waals surface area contributed by atoms with Crippen LogP contribution in [-0.4, -0.2) is 108 Å². The lowest BCUT2D eigenvalue weighted by molar-refractivity contribution is -0.0589. The first-order valence-electron chi connectivity index (χ1n) is 13.7. The summed E-state index contributed by atoms with van der Waals surface area (Å²) in [7, 11) is -8.29. The van der Waals surface area contributed by atoms with E-state index in [9.17, 15) is 27.8 Å². The van der Waals surface area contributed by atoms with E-state index in [2.05, 4.69) is 34.6 Å². The number of methoxy groups -OCH3 is 1. The molecular formula is C22H28N11O11PS. The van der Waals surface area contributed by atoms with Gasteiger partial charge < -0.3 is 35.5 Å². The normalized spacial score (nSPS) is 35.0. The molecule has 0 aromatic carbocycles. The number of ether oxygens (including phenoxy) is 2. The topological polar surface area (TPSA) is 309 Å². The van der Waals surface area contributed by atoms with Crippen molar-refractivity contribution >= 4 is 52.2 Å². The van der Waals surface area contributed by atoms with Gasteiger partial charge in [-0.3, -0.25) is 23.4 Å². The second-order valence-corrected chi connectivity index (χ2v) is 13.7. The molecule has 2 bridgehead atoms. The van der Waals surface area contributed by atoms with Crippen molar-refractivity contribution in [3.05, 3.63) is 29.3 Å². The van der Waals surface area contributed by atoms with Crippen LogP contribution in [0.3, 0.4) is 0 Å². The van der Waals surface area contributed by atoms with Gasteiger partial charge in [-0.05, 0) is 6.42 Å². The number of fused-ring (bicyclic) bond motifs is 5. The average Bonchev–Trinajstić information content (AvgIpc) is 3.75. The number of anilines is 2. The molecule has 9 atom stereocenters. The minimum atomic E-state index is -4.93. The predicted octanol–water partition coefficient (Wildman–Crippen LogP) is -2.31. The third kappa shape index (κ3) is 5.33. The molecule has 1 saturated carbocycles. The zero-order valence-corrected chi connectivity index (χ0v) is 25.4. The summed E-state index contributed by atoms with van der Waals surface area (Å²) in [5.41, 5.74) is 11.3. The van der Waals surface area contributed by atoms with Gasteiger partial charge in [0.1, 0.15) is 36.3 Å². The first-order chi connectivity index (χ1) is 21.9. The maximum Gasteiger partial charge on any atom is 0.472 e. The van der Waals surface area contributed by atoms with Crippen molar-refractivity contribution in [3.8, 4) is 0 Å². The lowest BCUT2D eigenvalue weighted by Crippen LogP contribution is -2.42. The number of nitrogens with zero attached hydrogens (tertiary/aromatic N) is 7. The average molecular weight is 686 g/mol. The molecule has 46 heavy (non-hydrogen) atoms. The van der Waals surface area contributed by atoms with Crippen molar-refractivity contribution in [2.24, 2.45) is 5.92 Å². The number of nitrogens with one attached hydrogen (secondary N) is 2. The SMILES string of the molecule is COC1C2COP(=O)(O)OC3C(CNS(=O)(=O)OC1C(n1cnc4c(=O)[nH]c(N)nc41)O2)CC(n1cnc2c(N)ncnc21)C3O. The number of rotatable bonds is 3. The zero-order valence-electron chi connectivity index (χ0n) is 23.7. The molecule has 248 valence electrons. The third-order valence-corrected chi connectivity index (χ3v) is 10.2. The highest BCUT2D eigenvalue weighted by Crippen LogP contribution is 2.51. The molecule has 22 nitrogen and oxygen atoms in total. The Hall–Kier alpha value is -3.64. The second-order valence-electron chi connectivity index (χ2n) is 10.9. The molecule has 24 heteroatoms. The molecule has 4 aromatic heterocycles. The first-order valence-corrected chi connectivity index (χ1v) is 16.6. The van der Waals surface area contributed by atoms with Gasteiger partial charge in [-0.2, -0.15) is 18.1 Å². The lowest BCUT2D eigenvalue weighted by atomic mass is 10.1. The van der Waals surface area contributed by atoms with Crippen LogP contribution in [-0.2, 0) is 37.6 Å². The van der Waals surface area contributed by atoms with E-state index in [1.54, 1.807) is 0 Å².